The summed E-state index contributed by atoms with van der Waals surface area (Å²) in [6, 6.07) is 2.86. The van der Waals surface area contributed by atoms with Gasteiger partial charge in [-0.15, -0.1) is 0 Å². The Morgan fingerprint density at radius 2 is 2.12 bits per heavy atom. The van der Waals surface area contributed by atoms with Gasteiger partial charge in [0.25, 0.3) is 11.8 Å². The van der Waals surface area contributed by atoms with E-state index < -0.39 is 17.5 Å². The van der Waals surface area contributed by atoms with Gasteiger partial charge in [-0.2, -0.15) is 5.01 Å². The van der Waals surface area contributed by atoms with E-state index in [-0.39, 0.29) is 18.5 Å². The van der Waals surface area contributed by atoms with Gasteiger partial charge in [0, 0.05) is 0 Å². The lowest BCUT2D eigenvalue weighted by Gasteiger charge is -2.30. The molecule has 1 spiro atoms. The van der Waals surface area contributed by atoms with Gasteiger partial charge in [0.05, 0.1) is 18.8 Å². The molecule has 0 unspecified atom stereocenters. The first-order valence-electron chi connectivity index (χ1n) is 8.25. The molecular formula is C16H22N4O4. The standard InChI is InChI=1S/C16H22N4O4/c1-11(12-6-5-9-24-12)17-10-13(21)19-20-14(22)16(18-15(20)23)7-3-2-4-8-16/h5-6,9,11,17H,2-4,7-8,10H2,1H3,(H,18,23)(H,19,21)/t11-/m0/s1. The fourth-order valence-corrected chi connectivity index (χ4v) is 3.26. The van der Waals surface area contributed by atoms with E-state index in [9.17, 15) is 14.4 Å². The van der Waals surface area contributed by atoms with Crippen LogP contribution in [0.25, 0.3) is 0 Å². The molecule has 130 valence electrons. The highest BCUT2D eigenvalue weighted by Crippen LogP contribution is 2.32. The number of hydrazine groups is 1. The van der Waals surface area contributed by atoms with Crippen LogP contribution in [-0.4, -0.2) is 34.9 Å². The van der Waals surface area contributed by atoms with Crippen LogP contribution in [0, 0.1) is 0 Å². The second-order valence-electron chi connectivity index (χ2n) is 6.37. The van der Waals surface area contributed by atoms with Crippen LogP contribution < -0.4 is 16.1 Å². The number of rotatable bonds is 5. The molecule has 1 atom stereocenters. The molecular weight excluding hydrogens is 312 g/mol. The zero-order valence-electron chi connectivity index (χ0n) is 13.6. The summed E-state index contributed by atoms with van der Waals surface area (Å²) in [5, 5.41) is 6.55. The lowest BCUT2D eigenvalue weighted by Crippen LogP contribution is -2.52. The Bertz CT molecular complexity index is 622. The van der Waals surface area contributed by atoms with Crippen molar-refractivity contribution in [1.29, 1.82) is 0 Å². The highest BCUT2D eigenvalue weighted by Gasteiger charge is 2.52. The average molecular weight is 334 g/mol. The highest BCUT2D eigenvalue weighted by molar-refractivity contribution is 6.08. The van der Waals surface area contributed by atoms with Crippen molar-refractivity contribution in [2.45, 2.75) is 50.6 Å². The van der Waals surface area contributed by atoms with Crippen molar-refractivity contribution in [2.75, 3.05) is 6.54 Å². The Morgan fingerprint density at radius 3 is 2.79 bits per heavy atom. The first-order valence-corrected chi connectivity index (χ1v) is 8.25. The van der Waals surface area contributed by atoms with Crippen molar-refractivity contribution < 1.29 is 18.8 Å². The van der Waals surface area contributed by atoms with E-state index in [0.717, 1.165) is 24.3 Å². The van der Waals surface area contributed by atoms with Crippen LogP contribution in [-0.2, 0) is 9.59 Å². The van der Waals surface area contributed by atoms with Crippen LogP contribution in [0.1, 0.15) is 50.8 Å². The molecule has 2 aliphatic rings. The van der Waals surface area contributed by atoms with Crippen molar-refractivity contribution >= 4 is 17.8 Å². The predicted octanol–water partition coefficient (Wildman–Crippen LogP) is 1.22. The van der Waals surface area contributed by atoms with Crippen LogP contribution >= 0.6 is 0 Å². The van der Waals surface area contributed by atoms with Gasteiger partial charge < -0.3 is 9.73 Å². The molecule has 8 heteroatoms. The lowest BCUT2D eigenvalue weighted by atomic mass is 9.82. The van der Waals surface area contributed by atoms with Gasteiger partial charge in [0.15, 0.2) is 0 Å². The molecule has 2 fully saturated rings. The maximum atomic E-state index is 12.5. The Balaban J connectivity index is 1.54. The summed E-state index contributed by atoms with van der Waals surface area (Å²) in [5.41, 5.74) is 1.55. The number of urea groups is 1. The van der Waals surface area contributed by atoms with Gasteiger partial charge in [0.1, 0.15) is 11.3 Å². The third kappa shape index (κ3) is 3.14. The van der Waals surface area contributed by atoms with E-state index in [2.05, 4.69) is 16.1 Å². The van der Waals surface area contributed by atoms with E-state index >= 15 is 0 Å². The minimum atomic E-state index is -0.836. The molecule has 8 nitrogen and oxygen atoms in total. The van der Waals surface area contributed by atoms with E-state index in [1.165, 1.54) is 0 Å². The normalized spacial score (nSPS) is 21.0. The maximum absolute atomic E-state index is 12.5. The third-order valence-electron chi connectivity index (χ3n) is 4.64. The number of amides is 4. The molecule has 2 heterocycles. The Kier molecular flexibility index (Phi) is 4.57. The highest BCUT2D eigenvalue weighted by atomic mass is 16.3. The first-order chi connectivity index (χ1) is 11.5. The summed E-state index contributed by atoms with van der Waals surface area (Å²) in [4.78, 5) is 36.7. The number of furan rings is 1. The van der Waals surface area contributed by atoms with Crippen LogP contribution in [0.15, 0.2) is 22.8 Å². The van der Waals surface area contributed by atoms with Gasteiger partial charge in [-0.3, -0.25) is 20.3 Å². The largest absolute Gasteiger partial charge is 0.468 e. The zero-order chi connectivity index (χ0) is 17.2. The number of imide groups is 1. The molecule has 1 saturated heterocycles. The molecule has 0 radical (unpaired) electrons. The number of nitrogens with one attached hydrogen (secondary N) is 3. The van der Waals surface area contributed by atoms with Crippen molar-refractivity contribution in [3.05, 3.63) is 24.2 Å². The molecule has 1 saturated carbocycles. The summed E-state index contributed by atoms with van der Waals surface area (Å²) in [6.07, 6.45) is 5.66. The summed E-state index contributed by atoms with van der Waals surface area (Å²) < 4.78 is 5.25. The summed E-state index contributed by atoms with van der Waals surface area (Å²) >= 11 is 0. The smallest absolute Gasteiger partial charge is 0.344 e. The minimum Gasteiger partial charge on any atom is -0.468 e. The van der Waals surface area contributed by atoms with Crippen LogP contribution in [0.2, 0.25) is 0 Å². The fourth-order valence-electron chi connectivity index (χ4n) is 3.26. The quantitative estimate of drug-likeness (QED) is 0.702. The van der Waals surface area contributed by atoms with Gasteiger partial charge >= 0.3 is 6.03 Å². The molecule has 1 aliphatic carbocycles. The van der Waals surface area contributed by atoms with Crippen LogP contribution in [0.4, 0.5) is 4.79 Å². The van der Waals surface area contributed by atoms with E-state index in [1.54, 1.807) is 18.4 Å². The van der Waals surface area contributed by atoms with Crippen molar-refractivity contribution in [3.63, 3.8) is 0 Å². The Labute approximate surface area is 139 Å². The molecule has 1 aromatic heterocycles. The number of hydrogen-bond acceptors (Lipinski definition) is 5. The second kappa shape index (κ2) is 6.64. The molecule has 24 heavy (non-hydrogen) atoms. The van der Waals surface area contributed by atoms with Crippen LogP contribution in [0.3, 0.4) is 0 Å². The molecule has 0 aromatic carbocycles. The number of hydrogen-bond donors (Lipinski definition) is 3. The summed E-state index contributed by atoms with van der Waals surface area (Å²) in [5.74, 6) is -0.108. The van der Waals surface area contributed by atoms with Gasteiger partial charge in [-0.1, -0.05) is 19.3 Å². The molecule has 0 bridgehead atoms. The van der Waals surface area contributed by atoms with E-state index in [0.29, 0.717) is 18.6 Å². The monoisotopic (exact) mass is 334 g/mol. The SMILES string of the molecule is C[C@H](NCC(=O)NN1C(=O)NC2(CCCCC2)C1=O)c1ccco1. The van der Waals surface area contributed by atoms with E-state index in [1.807, 2.05) is 6.92 Å². The molecule has 3 rings (SSSR count). The second-order valence-corrected chi connectivity index (χ2v) is 6.37. The number of carbonyl (C=O) groups excluding carboxylic acids is 3. The van der Waals surface area contributed by atoms with Crippen molar-refractivity contribution in [2.24, 2.45) is 0 Å². The van der Waals surface area contributed by atoms with Gasteiger partial charge in [0.2, 0.25) is 0 Å². The fraction of sp³-hybridized carbons (Fsp3) is 0.562. The molecule has 3 N–H and O–H groups in total. The predicted molar refractivity (Wildman–Crippen MR) is 84.5 cm³/mol. The minimum absolute atomic E-state index is 0.0358. The van der Waals surface area contributed by atoms with Crippen molar-refractivity contribution in [3.8, 4) is 0 Å². The van der Waals surface area contributed by atoms with Crippen molar-refractivity contribution in [1.82, 2.24) is 21.1 Å². The molecule has 4 amide bonds. The number of nitrogens with zero attached hydrogens (tertiary/aromatic N) is 1. The third-order valence-corrected chi connectivity index (χ3v) is 4.64. The molecule has 1 aliphatic heterocycles. The lowest BCUT2D eigenvalue weighted by molar-refractivity contribution is -0.139. The zero-order valence-corrected chi connectivity index (χ0v) is 13.6. The summed E-state index contributed by atoms with van der Waals surface area (Å²) in [6.45, 7) is 1.82. The first kappa shape index (κ1) is 16.5. The van der Waals surface area contributed by atoms with Gasteiger partial charge in [-0.05, 0) is 31.9 Å². The van der Waals surface area contributed by atoms with E-state index in [4.69, 9.17) is 4.42 Å². The Hall–Kier alpha value is -2.35. The Morgan fingerprint density at radius 1 is 1.38 bits per heavy atom. The maximum Gasteiger partial charge on any atom is 0.344 e. The van der Waals surface area contributed by atoms with Gasteiger partial charge in [-0.25, -0.2) is 4.79 Å². The van der Waals surface area contributed by atoms with Crippen LogP contribution in [0.5, 0.6) is 0 Å². The molecule has 1 aromatic rings. The topological polar surface area (TPSA) is 104 Å². The average Bonchev–Trinajstić information content (AvgIpc) is 3.18. The summed E-state index contributed by atoms with van der Waals surface area (Å²) in [7, 11) is 0. The number of carbonyl (C=O) groups is 3.